The molecule has 1 aromatic heterocycles. The van der Waals surface area contributed by atoms with Crippen LogP contribution in [0.3, 0.4) is 0 Å². The molecule has 0 amide bonds. The van der Waals surface area contributed by atoms with Crippen LogP contribution < -0.4 is 9.47 Å². The molecule has 2 heterocycles. The fourth-order valence-corrected chi connectivity index (χ4v) is 3.82. The number of ether oxygens (including phenoxy) is 2. The molecule has 0 saturated heterocycles. The number of hydrogen-bond donors (Lipinski definition) is 1. The molecule has 2 atom stereocenters. The Kier molecular flexibility index (Phi) is 5.77. The molecule has 0 fully saturated rings. The number of halogens is 3. The topological polar surface area (TPSA) is 76.8 Å². The first-order chi connectivity index (χ1) is 15.2. The maximum Gasteiger partial charge on any atom is 0.422 e. The first-order valence-corrected chi connectivity index (χ1v) is 10.1. The summed E-state index contributed by atoms with van der Waals surface area (Å²) in [6.45, 7) is 1.97. The van der Waals surface area contributed by atoms with E-state index in [1.807, 2.05) is 0 Å². The molecule has 4 rings (SSSR count). The molecular weight excluding hydrogens is 423 g/mol. The summed E-state index contributed by atoms with van der Waals surface area (Å²) >= 11 is 0. The molecule has 1 aliphatic rings. The zero-order valence-corrected chi connectivity index (χ0v) is 17.6. The van der Waals surface area contributed by atoms with Crippen LogP contribution in [0.1, 0.15) is 30.1 Å². The minimum Gasteiger partial charge on any atom is -0.497 e. The highest BCUT2D eigenvalue weighted by molar-refractivity contribution is 5.91. The Morgan fingerprint density at radius 3 is 2.84 bits per heavy atom. The molecule has 1 aliphatic heterocycles. The van der Waals surface area contributed by atoms with Crippen molar-refractivity contribution < 1.29 is 27.8 Å². The van der Waals surface area contributed by atoms with Gasteiger partial charge in [0.1, 0.15) is 17.3 Å². The van der Waals surface area contributed by atoms with Crippen molar-refractivity contribution in [3.05, 3.63) is 54.0 Å². The highest BCUT2D eigenvalue weighted by atomic mass is 19.4. The molecule has 0 aliphatic carbocycles. The van der Waals surface area contributed by atoms with E-state index in [4.69, 9.17) is 9.47 Å². The van der Waals surface area contributed by atoms with Crippen molar-refractivity contribution in [3.8, 4) is 11.5 Å². The largest absolute Gasteiger partial charge is 0.497 e. The van der Waals surface area contributed by atoms with Gasteiger partial charge in [-0.15, -0.1) is 0 Å². The average Bonchev–Trinajstić information content (AvgIpc) is 2.76. The SMILES string of the molecule is COc1ccc2c(c1)OCCC2CC(O)(C=Nc1cccc2nc(C)ncc12)C(F)(F)F. The lowest BCUT2D eigenvalue weighted by atomic mass is 9.82. The van der Waals surface area contributed by atoms with Crippen molar-refractivity contribution in [2.24, 2.45) is 4.99 Å². The lowest BCUT2D eigenvalue weighted by Crippen LogP contribution is -2.48. The van der Waals surface area contributed by atoms with Gasteiger partial charge in [0.15, 0.2) is 5.60 Å². The predicted octanol–water partition coefficient (Wildman–Crippen LogP) is 4.90. The first kappa shape index (κ1) is 22.0. The van der Waals surface area contributed by atoms with E-state index in [1.165, 1.54) is 13.3 Å². The van der Waals surface area contributed by atoms with Gasteiger partial charge < -0.3 is 14.6 Å². The van der Waals surface area contributed by atoms with E-state index in [-0.39, 0.29) is 12.3 Å². The van der Waals surface area contributed by atoms with Gasteiger partial charge in [-0.3, -0.25) is 4.99 Å². The number of nitrogens with zero attached hydrogens (tertiary/aromatic N) is 3. The molecule has 2 aromatic carbocycles. The molecule has 2 unspecified atom stereocenters. The lowest BCUT2D eigenvalue weighted by molar-refractivity contribution is -0.232. The van der Waals surface area contributed by atoms with Crippen LogP contribution in [0.25, 0.3) is 10.9 Å². The van der Waals surface area contributed by atoms with Crippen LogP contribution >= 0.6 is 0 Å². The van der Waals surface area contributed by atoms with Gasteiger partial charge in [0, 0.05) is 23.9 Å². The Morgan fingerprint density at radius 2 is 2.09 bits per heavy atom. The number of aliphatic hydroxyl groups is 1. The molecule has 0 saturated carbocycles. The second-order valence-corrected chi connectivity index (χ2v) is 7.75. The fraction of sp³-hybridized carbons (Fsp3) is 0.348. The molecule has 9 heteroatoms. The third-order valence-corrected chi connectivity index (χ3v) is 5.57. The monoisotopic (exact) mass is 445 g/mol. The summed E-state index contributed by atoms with van der Waals surface area (Å²) in [4.78, 5) is 12.4. The molecule has 1 N–H and O–H groups in total. The number of aryl methyl sites for hydroxylation is 1. The van der Waals surface area contributed by atoms with Crippen LogP contribution in [0.2, 0.25) is 0 Å². The lowest BCUT2D eigenvalue weighted by Gasteiger charge is -2.33. The summed E-state index contributed by atoms with van der Waals surface area (Å²) in [5, 5.41) is 11.2. The summed E-state index contributed by atoms with van der Waals surface area (Å²) < 4.78 is 52.8. The van der Waals surface area contributed by atoms with Gasteiger partial charge in [-0.1, -0.05) is 12.1 Å². The Labute approximate surface area is 182 Å². The summed E-state index contributed by atoms with van der Waals surface area (Å²) in [5.74, 6) is 0.982. The quantitative estimate of drug-likeness (QED) is 0.566. The minimum absolute atomic E-state index is 0.246. The van der Waals surface area contributed by atoms with Gasteiger partial charge in [-0.2, -0.15) is 13.2 Å². The van der Waals surface area contributed by atoms with Gasteiger partial charge in [0.25, 0.3) is 0 Å². The van der Waals surface area contributed by atoms with Crippen molar-refractivity contribution in [2.75, 3.05) is 13.7 Å². The molecule has 0 bridgehead atoms. The van der Waals surface area contributed by atoms with Crippen LogP contribution in [0.15, 0.2) is 47.6 Å². The van der Waals surface area contributed by atoms with Gasteiger partial charge in [-0.25, -0.2) is 9.97 Å². The Balaban J connectivity index is 1.68. The zero-order valence-electron chi connectivity index (χ0n) is 17.6. The number of hydrogen-bond acceptors (Lipinski definition) is 6. The van der Waals surface area contributed by atoms with Gasteiger partial charge in [0.2, 0.25) is 0 Å². The smallest absolute Gasteiger partial charge is 0.422 e. The molecular formula is C23H22F3N3O3. The van der Waals surface area contributed by atoms with E-state index < -0.39 is 24.1 Å². The van der Waals surface area contributed by atoms with Gasteiger partial charge in [0.05, 0.1) is 24.9 Å². The van der Waals surface area contributed by atoms with E-state index in [0.29, 0.717) is 46.4 Å². The molecule has 32 heavy (non-hydrogen) atoms. The molecule has 6 nitrogen and oxygen atoms in total. The van der Waals surface area contributed by atoms with Crippen molar-refractivity contribution >= 4 is 22.8 Å². The third kappa shape index (κ3) is 4.25. The van der Waals surface area contributed by atoms with E-state index in [2.05, 4.69) is 15.0 Å². The van der Waals surface area contributed by atoms with E-state index in [1.54, 1.807) is 43.3 Å². The van der Waals surface area contributed by atoms with E-state index in [9.17, 15) is 18.3 Å². The number of aliphatic imine (C=N–C) groups is 1. The van der Waals surface area contributed by atoms with Crippen LogP contribution in [-0.2, 0) is 0 Å². The summed E-state index contributed by atoms with van der Waals surface area (Å²) in [6, 6.07) is 9.92. The fourth-order valence-electron chi connectivity index (χ4n) is 3.82. The zero-order chi connectivity index (χ0) is 22.9. The third-order valence-electron chi connectivity index (χ3n) is 5.57. The summed E-state index contributed by atoms with van der Waals surface area (Å²) in [6.07, 6.45) is -3.06. The van der Waals surface area contributed by atoms with Crippen LogP contribution in [-0.4, -0.2) is 46.8 Å². The molecule has 0 spiro atoms. The van der Waals surface area contributed by atoms with Crippen molar-refractivity contribution in [2.45, 2.75) is 37.5 Å². The van der Waals surface area contributed by atoms with Crippen molar-refractivity contribution in [3.63, 3.8) is 0 Å². The summed E-state index contributed by atoms with van der Waals surface area (Å²) in [5.41, 5.74) is -1.71. The van der Waals surface area contributed by atoms with Gasteiger partial charge >= 0.3 is 6.18 Å². The van der Waals surface area contributed by atoms with Crippen LogP contribution in [0.5, 0.6) is 11.5 Å². The Bertz CT molecular complexity index is 1170. The number of methoxy groups -OCH3 is 1. The normalized spacial score (nSPS) is 18.2. The standard InChI is InChI=1S/C23H22F3N3O3/c1-14-27-12-18-19(4-3-5-20(18)29-14)28-13-22(30,23(24,25)26)11-15-8-9-32-21-10-16(31-2)6-7-17(15)21/h3-7,10,12-13,15,30H,8-9,11H2,1-2H3. The molecule has 3 aromatic rings. The highest BCUT2D eigenvalue weighted by Gasteiger charge is 2.54. The molecule has 0 radical (unpaired) electrons. The maximum absolute atomic E-state index is 14.0. The van der Waals surface area contributed by atoms with Crippen LogP contribution in [0.4, 0.5) is 18.9 Å². The number of rotatable bonds is 5. The van der Waals surface area contributed by atoms with Crippen molar-refractivity contribution in [1.82, 2.24) is 9.97 Å². The number of benzene rings is 2. The highest BCUT2D eigenvalue weighted by Crippen LogP contribution is 2.44. The van der Waals surface area contributed by atoms with Crippen LogP contribution in [0, 0.1) is 6.92 Å². The first-order valence-electron chi connectivity index (χ1n) is 10.1. The average molecular weight is 445 g/mol. The second kappa shape index (κ2) is 8.38. The Hall–Kier alpha value is -3.20. The summed E-state index contributed by atoms with van der Waals surface area (Å²) in [7, 11) is 1.50. The number of alkyl halides is 3. The molecule has 168 valence electrons. The van der Waals surface area contributed by atoms with Crippen molar-refractivity contribution in [1.29, 1.82) is 0 Å². The number of aromatic nitrogens is 2. The van der Waals surface area contributed by atoms with Gasteiger partial charge in [-0.05, 0) is 49.4 Å². The maximum atomic E-state index is 14.0. The predicted molar refractivity (Wildman–Crippen MR) is 114 cm³/mol. The van der Waals surface area contributed by atoms with E-state index >= 15 is 0 Å². The number of fused-ring (bicyclic) bond motifs is 2. The minimum atomic E-state index is -4.92. The second-order valence-electron chi connectivity index (χ2n) is 7.75. The Morgan fingerprint density at radius 1 is 1.28 bits per heavy atom. The van der Waals surface area contributed by atoms with E-state index in [0.717, 1.165) is 0 Å².